The molecule has 2 aromatic heterocycles. The highest BCUT2D eigenvalue weighted by molar-refractivity contribution is 6.46. The number of hydrogen-bond donors (Lipinski definition) is 1. The molecule has 6 nitrogen and oxygen atoms in total. The summed E-state index contributed by atoms with van der Waals surface area (Å²) in [6, 6.07) is 13.8. The topological polar surface area (TPSA) is 83.4 Å². The van der Waals surface area contributed by atoms with E-state index in [1.165, 1.54) is 17.3 Å². The number of hydrogen-bond acceptors (Lipinski definition) is 5. The fraction of sp³-hybridized carbons (Fsp3) is 0.130. The summed E-state index contributed by atoms with van der Waals surface area (Å²) < 4.78 is 0. The molecule has 1 saturated heterocycles. The zero-order valence-corrected chi connectivity index (χ0v) is 15.8. The number of likely N-dealkylation sites (tertiary alicyclic amines) is 1. The van der Waals surface area contributed by atoms with E-state index >= 15 is 0 Å². The summed E-state index contributed by atoms with van der Waals surface area (Å²) in [5.74, 6) is -1.55. The fourth-order valence-electron chi connectivity index (χ4n) is 3.49. The van der Waals surface area contributed by atoms with E-state index in [0.29, 0.717) is 5.56 Å². The summed E-state index contributed by atoms with van der Waals surface area (Å²) in [6.45, 7) is 2.18. The first-order valence-corrected chi connectivity index (χ1v) is 9.20. The van der Waals surface area contributed by atoms with E-state index in [2.05, 4.69) is 9.97 Å². The molecule has 29 heavy (non-hydrogen) atoms. The van der Waals surface area contributed by atoms with Crippen LogP contribution < -0.4 is 0 Å². The number of Topliss-reactive ketones (excluding diaryl/α,β-unsaturated/α-hetero) is 1. The van der Waals surface area contributed by atoms with Crippen LogP contribution in [0.25, 0.3) is 5.76 Å². The van der Waals surface area contributed by atoms with E-state index in [9.17, 15) is 14.7 Å². The van der Waals surface area contributed by atoms with E-state index in [-0.39, 0.29) is 17.9 Å². The van der Waals surface area contributed by atoms with Gasteiger partial charge in [-0.3, -0.25) is 19.6 Å². The molecule has 6 heteroatoms. The van der Waals surface area contributed by atoms with Crippen molar-refractivity contribution in [3.05, 3.63) is 101 Å². The first-order chi connectivity index (χ1) is 14.1. The maximum atomic E-state index is 12.9. The highest BCUT2D eigenvalue weighted by atomic mass is 16.3. The third kappa shape index (κ3) is 3.52. The summed E-state index contributed by atoms with van der Waals surface area (Å²) in [5, 5.41) is 10.9. The maximum Gasteiger partial charge on any atom is 0.295 e. The Bertz CT molecular complexity index is 1080. The number of aryl methyl sites for hydroxylation is 1. The fourth-order valence-corrected chi connectivity index (χ4v) is 3.49. The average molecular weight is 385 g/mol. The van der Waals surface area contributed by atoms with Gasteiger partial charge in [0.2, 0.25) is 0 Å². The lowest BCUT2D eigenvalue weighted by atomic mass is 9.95. The van der Waals surface area contributed by atoms with Crippen molar-refractivity contribution in [3.8, 4) is 0 Å². The van der Waals surface area contributed by atoms with Crippen molar-refractivity contribution < 1.29 is 14.7 Å². The smallest absolute Gasteiger partial charge is 0.295 e. The molecule has 0 aliphatic carbocycles. The Morgan fingerprint density at radius 1 is 1.00 bits per heavy atom. The molecule has 4 rings (SSSR count). The molecule has 1 aliphatic heterocycles. The molecule has 1 aliphatic rings. The van der Waals surface area contributed by atoms with Crippen LogP contribution in [0.15, 0.2) is 78.9 Å². The second-order valence-corrected chi connectivity index (χ2v) is 6.93. The molecule has 0 spiro atoms. The highest BCUT2D eigenvalue weighted by Crippen LogP contribution is 2.40. The van der Waals surface area contributed by atoms with Crippen molar-refractivity contribution in [3.63, 3.8) is 0 Å². The molecule has 3 heterocycles. The molecule has 3 aromatic rings. The summed E-state index contributed by atoms with van der Waals surface area (Å²) in [4.78, 5) is 35.4. The van der Waals surface area contributed by atoms with Gasteiger partial charge in [0.25, 0.3) is 11.7 Å². The SMILES string of the molecule is Cc1ccc(C2/C(=C(\O)c3ccncc3)C(=O)C(=O)N2Cc2cccnc2)cc1. The predicted molar refractivity (Wildman–Crippen MR) is 107 cm³/mol. The standard InChI is InChI=1S/C23H19N3O3/c1-15-4-6-17(7-5-15)20-19(21(27)18-8-11-24-12-9-18)22(28)23(29)26(20)14-16-3-2-10-25-13-16/h2-13,20,27H,14H2,1H3/b21-19+. The largest absolute Gasteiger partial charge is 0.507 e. The van der Waals surface area contributed by atoms with Crippen molar-refractivity contribution in [1.82, 2.24) is 14.9 Å². The van der Waals surface area contributed by atoms with E-state index in [1.54, 1.807) is 30.6 Å². The Kier molecular flexibility index (Phi) is 4.91. The predicted octanol–water partition coefficient (Wildman–Crippen LogP) is 3.41. The normalized spacial score (nSPS) is 18.2. The highest BCUT2D eigenvalue weighted by Gasteiger charge is 2.46. The molecule has 0 saturated carbocycles. The van der Waals surface area contributed by atoms with Crippen LogP contribution in [0.2, 0.25) is 0 Å². The molecule has 1 amide bonds. The van der Waals surface area contributed by atoms with Crippen LogP contribution in [-0.2, 0) is 16.1 Å². The van der Waals surface area contributed by atoms with Gasteiger partial charge in [0, 0.05) is 36.9 Å². The van der Waals surface area contributed by atoms with Gasteiger partial charge in [-0.05, 0) is 36.2 Å². The van der Waals surface area contributed by atoms with Crippen LogP contribution >= 0.6 is 0 Å². The van der Waals surface area contributed by atoms with Crippen LogP contribution in [-0.4, -0.2) is 31.7 Å². The second kappa shape index (κ2) is 7.67. The van der Waals surface area contributed by atoms with Gasteiger partial charge in [-0.25, -0.2) is 0 Å². The number of aliphatic hydroxyl groups is 1. The molecule has 144 valence electrons. The minimum atomic E-state index is -0.700. The van der Waals surface area contributed by atoms with Crippen molar-refractivity contribution in [2.24, 2.45) is 0 Å². The Hall–Kier alpha value is -3.80. The van der Waals surface area contributed by atoms with Crippen LogP contribution in [0, 0.1) is 6.92 Å². The zero-order chi connectivity index (χ0) is 20.4. The van der Waals surface area contributed by atoms with Crippen molar-refractivity contribution in [1.29, 1.82) is 0 Å². The number of rotatable bonds is 4. The summed E-state index contributed by atoms with van der Waals surface area (Å²) in [7, 11) is 0. The van der Waals surface area contributed by atoms with Gasteiger partial charge in [-0.1, -0.05) is 35.9 Å². The van der Waals surface area contributed by atoms with Crippen LogP contribution in [0.4, 0.5) is 0 Å². The first-order valence-electron chi connectivity index (χ1n) is 9.20. The van der Waals surface area contributed by atoms with Gasteiger partial charge in [-0.2, -0.15) is 0 Å². The number of carbonyl (C=O) groups is 2. The lowest BCUT2D eigenvalue weighted by molar-refractivity contribution is -0.140. The molecular formula is C23H19N3O3. The van der Waals surface area contributed by atoms with Crippen molar-refractivity contribution >= 4 is 17.4 Å². The average Bonchev–Trinajstić information content (AvgIpc) is 3.00. The molecule has 1 atom stereocenters. The third-order valence-electron chi connectivity index (χ3n) is 4.96. The number of carbonyl (C=O) groups excluding carboxylic acids is 2. The van der Waals surface area contributed by atoms with Gasteiger partial charge in [0.05, 0.1) is 11.6 Å². The lowest BCUT2D eigenvalue weighted by Crippen LogP contribution is -2.29. The van der Waals surface area contributed by atoms with Gasteiger partial charge in [0.15, 0.2) is 0 Å². The number of aromatic nitrogens is 2. The van der Waals surface area contributed by atoms with Crippen LogP contribution in [0.5, 0.6) is 0 Å². The monoisotopic (exact) mass is 385 g/mol. The summed E-state index contributed by atoms with van der Waals surface area (Å²) in [5.41, 5.74) is 3.14. The van der Waals surface area contributed by atoms with Crippen LogP contribution in [0.1, 0.15) is 28.3 Å². The van der Waals surface area contributed by atoms with Crippen LogP contribution in [0.3, 0.4) is 0 Å². The molecule has 1 fully saturated rings. The molecule has 0 radical (unpaired) electrons. The zero-order valence-electron chi connectivity index (χ0n) is 15.8. The Morgan fingerprint density at radius 2 is 1.72 bits per heavy atom. The number of nitrogens with zero attached hydrogens (tertiary/aromatic N) is 3. The minimum absolute atomic E-state index is 0.0777. The van der Waals surface area contributed by atoms with E-state index in [0.717, 1.165) is 16.7 Å². The quantitative estimate of drug-likeness (QED) is 0.423. The number of ketones is 1. The van der Waals surface area contributed by atoms with Gasteiger partial charge in [0.1, 0.15) is 5.76 Å². The summed E-state index contributed by atoms with van der Waals surface area (Å²) in [6.07, 6.45) is 6.37. The molecular weight excluding hydrogens is 366 g/mol. The molecule has 1 N–H and O–H groups in total. The number of benzene rings is 1. The number of pyridine rings is 2. The number of amides is 1. The maximum absolute atomic E-state index is 12.9. The molecule has 1 aromatic carbocycles. The van der Waals surface area contributed by atoms with Gasteiger partial charge in [-0.15, -0.1) is 0 Å². The third-order valence-corrected chi connectivity index (χ3v) is 4.96. The number of aliphatic hydroxyl groups excluding tert-OH is 1. The summed E-state index contributed by atoms with van der Waals surface area (Å²) >= 11 is 0. The van der Waals surface area contributed by atoms with E-state index in [1.807, 2.05) is 37.3 Å². The Labute approximate surface area is 168 Å². The van der Waals surface area contributed by atoms with Crippen molar-refractivity contribution in [2.75, 3.05) is 0 Å². The van der Waals surface area contributed by atoms with E-state index < -0.39 is 17.7 Å². The van der Waals surface area contributed by atoms with E-state index in [4.69, 9.17) is 0 Å². The Balaban J connectivity index is 1.86. The van der Waals surface area contributed by atoms with Gasteiger partial charge >= 0.3 is 0 Å². The Morgan fingerprint density at radius 3 is 2.38 bits per heavy atom. The molecule has 1 unspecified atom stereocenters. The lowest BCUT2D eigenvalue weighted by Gasteiger charge is -2.25. The van der Waals surface area contributed by atoms with Crippen molar-refractivity contribution in [2.45, 2.75) is 19.5 Å². The second-order valence-electron chi connectivity index (χ2n) is 6.93. The minimum Gasteiger partial charge on any atom is -0.507 e. The molecule has 0 bridgehead atoms. The first kappa shape index (κ1) is 18.6. The van der Waals surface area contributed by atoms with Gasteiger partial charge < -0.3 is 10.0 Å².